The normalized spacial score (nSPS) is 17.8. The molecule has 1 saturated carbocycles. The SMILES string of the molecule is CC(C)(C)C(=Nc1ccc(-c2ccc(C(C)(C)C)cc2)nc1)C1CC(C(=Nc2ccc(-c3ccc(C(C)(C)C)cc3)nc2)C(C)(C)C)CC(C(=Nc2ccc(-c3ccc(C(C)(C)C)cc3)nc2)C(C)(C)C)C1.[B]. The molecule has 3 aromatic heterocycles. The second kappa shape index (κ2) is 21.6. The fraction of sp³-hybridized carbons (Fsp3) is 0.455. The van der Waals surface area contributed by atoms with E-state index in [1.165, 1.54) is 33.8 Å². The van der Waals surface area contributed by atoms with Gasteiger partial charge in [0.2, 0.25) is 0 Å². The van der Waals surface area contributed by atoms with Crippen LogP contribution in [0.2, 0.25) is 0 Å². The molecule has 0 bridgehead atoms. The van der Waals surface area contributed by atoms with Gasteiger partial charge < -0.3 is 0 Å². The summed E-state index contributed by atoms with van der Waals surface area (Å²) in [5.74, 6) is 0.477. The third-order valence-electron chi connectivity index (χ3n) is 14.3. The summed E-state index contributed by atoms with van der Waals surface area (Å²) < 4.78 is 0. The summed E-state index contributed by atoms with van der Waals surface area (Å²) in [6.07, 6.45) is 8.65. The van der Waals surface area contributed by atoms with Crippen LogP contribution >= 0.6 is 0 Å². The molecule has 6 nitrogen and oxygen atoms in total. The fourth-order valence-electron chi connectivity index (χ4n) is 10.3. The quantitative estimate of drug-likeness (QED) is 0.107. The molecule has 3 aromatic carbocycles. The van der Waals surface area contributed by atoms with Gasteiger partial charge in [-0.15, -0.1) is 0 Å². The van der Waals surface area contributed by atoms with Crippen molar-refractivity contribution in [3.63, 3.8) is 0 Å². The van der Waals surface area contributed by atoms with Crippen molar-refractivity contribution in [2.24, 2.45) is 49.0 Å². The van der Waals surface area contributed by atoms with Crippen LogP contribution < -0.4 is 0 Å². The van der Waals surface area contributed by atoms with E-state index in [1.807, 2.05) is 18.6 Å². The van der Waals surface area contributed by atoms with Crippen LogP contribution in [0, 0.1) is 34.0 Å². The molecule has 6 aromatic rings. The first-order valence-corrected chi connectivity index (χ1v) is 26.4. The molecular formula is C66H84BN6. The van der Waals surface area contributed by atoms with Crippen molar-refractivity contribution >= 4 is 42.6 Å². The minimum absolute atomic E-state index is 0. The lowest BCUT2D eigenvalue weighted by Crippen LogP contribution is -2.43. The van der Waals surface area contributed by atoms with E-state index in [4.69, 9.17) is 29.9 Å². The van der Waals surface area contributed by atoms with Crippen molar-refractivity contribution in [3.05, 3.63) is 144 Å². The summed E-state index contributed by atoms with van der Waals surface area (Å²) in [4.78, 5) is 31.7. The van der Waals surface area contributed by atoms with Gasteiger partial charge in [-0.2, -0.15) is 0 Å². The third kappa shape index (κ3) is 14.3. The van der Waals surface area contributed by atoms with Crippen molar-refractivity contribution in [1.29, 1.82) is 0 Å². The maximum atomic E-state index is 5.58. The highest BCUT2D eigenvalue weighted by molar-refractivity contribution is 5.99. The van der Waals surface area contributed by atoms with Gasteiger partial charge in [0.15, 0.2) is 0 Å². The monoisotopic (exact) mass is 972 g/mol. The van der Waals surface area contributed by atoms with E-state index in [0.29, 0.717) is 0 Å². The zero-order valence-corrected chi connectivity index (χ0v) is 47.7. The molecule has 73 heavy (non-hydrogen) atoms. The van der Waals surface area contributed by atoms with Crippen molar-refractivity contribution in [2.75, 3.05) is 0 Å². The Balaban J connectivity index is 0.00000869. The first-order chi connectivity index (χ1) is 33.4. The third-order valence-corrected chi connectivity index (χ3v) is 14.3. The number of nitrogens with zero attached hydrogens (tertiary/aromatic N) is 6. The van der Waals surface area contributed by atoms with Crippen LogP contribution in [0.3, 0.4) is 0 Å². The maximum absolute atomic E-state index is 5.58. The van der Waals surface area contributed by atoms with Crippen LogP contribution in [-0.4, -0.2) is 40.5 Å². The van der Waals surface area contributed by atoms with Crippen LogP contribution in [0.15, 0.2) is 143 Å². The van der Waals surface area contributed by atoms with Crippen LogP contribution in [0.4, 0.5) is 17.1 Å². The Kier molecular flexibility index (Phi) is 16.7. The van der Waals surface area contributed by atoms with Crippen molar-refractivity contribution in [2.45, 2.75) is 160 Å². The molecule has 1 aliphatic carbocycles. The number of aromatic nitrogens is 3. The van der Waals surface area contributed by atoms with E-state index in [0.717, 1.165) is 70.1 Å². The summed E-state index contributed by atoms with van der Waals surface area (Å²) in [5.41, 5.74) is 15.9. The molecule has 0 spiro atoms. The highest BCUT2D eigenvalue weighted by Gasteiger charge is 2.43. The molecule has 3 radical (unpaired) electrons. The first kappa shape index (κ1) is 56.5. The van der Waals surface area contributed by atoms with Gasteiger partial charge in [0, 0.05) is 58.5 Å². The van der Waals surface area contributed by atoms with Gasteiger partial charge in [-0.05, 0) is 106 Å². The van der Waals surface area contributed by atoms with E-state index in [-0.39, 0.29) is 58.7 Å². The lowest BCUT2D eigenvalue weighted by atomic mass is 9.62. The average Bonchev–Trinajstić information content (AvgIpc) is 3.30. The Morgan fingerprint density at radius 1 is 0.329 bits per heavy atom. The van der Waals surface area contributed by atoms with Crippen LogP contribution in [0.5, 0.6) is 0 Å². The van der Waals surface area contributed by atoms with Gasteiger partial charge in [0.25, 0.3) is 0 Å². The molecule has 0 unspecified atom stereocenters. The number of aliphatic imine (C=N–C) groups is 3. The Bertz CT molecular complexity index is 2540. The lowest BCUT2D eigenvalue weighted by Gasteiger charge is -2.43. The Morgan fingerprint density at radius 3 is 0.712 bits per heavy atom. The van der Waals surface area contributed by atoms with E-state index < -0.39 is 0 Å². The standard InChI is InChI=1S/C66H84N6.B/c1-61(2,3)49-25-19-43(20-26-49)55-34-31-52(40-67-55)70-58(64(10,11)12)46-37-47(59(65(13,14)15)71-53-32-35-56(68-41-53)44-21-27-50(28-22-44)62(4,5)6)39-48(38-46)60(66(16,17)18)72-54-33-36-57(69-42-54)45-23-29-51(30-24-45)63(7,8)9;/h19-36,40-42,46-48H,37-39H2,1-18H3;. The lowest BCUT2D eigenvalue weighted by molar-refractivity contribution is 0.301. The summed E-state index contributed by atoms with van der Waals surface area (Å²) in [6, 6.07) is 39.2. The van der Waals surface area contributed by atoms with E-state index in [9.17, 15) is 0 Å². The van der Waals surface area contributed by atoms with Gasteiger partial charge in [-0.1, -0.05) is 197 Å². The summed E-state index contributed by atoms with van der Waals surface area (Å²) in [6.45, 7) is 41.1. The minimum Gasteiger partial charge on any atom is -0.255 e. The second-order valence-electron chi connectivity index (χ2n) is 26.7. The van der Waals surface area contributed by atoms with Crippen molar-refractivity contribution < 1.29 is 0 Å². The maximum Gasteiger partial charge on any atom is 0.0813 e. The van der Waals surface area contributed by atoms with Crippen LogP contribution in [0.1, 0.15) is 161 Å². The van der Waals surface area contributed by atoms with Crippen LogP contribution in [0.25, 0.3) is 33.8 Å². The molecule has 1 aliphatic rings. The molecule has 381 valence electrons. The van der Waals surface area contributed by atoms with Crippen LogP contribution in [-0.2, 0) is 16.2 Å². The highest BCUT2D eigenvalue weighted by atomic mass is 14.9. The number of pyridine rings is 3. The van der Waals surface area contributed by atoms with Gasteiger partial charge in [-0.25, -0.2) is 0 Å². The minimum atomic E-state index is -0.216. The van der Waals surface area contributed by atoms with E-state index in [1.54, 1.807) is 0 Å². The number of benzene rings is 3. The van der Waals surface area contributed by atoms with E-state index >= 15 is 0 Å². The topological polar surface area (TPSA) is 75.8 Å². The zero-order valence-electron chi connectivity index (χ0n) is 47.7. The number of hydrogen-bond donors (Lipinski definition) is 0. The molecule has 7 rings (SSSR count). The van der Waals surface area contributed by atoms with Crippen molar-refractivity contribution in [1.82, 2.24) is 15.0 Å². The molecule has 0 saturated heterocycles. The van der Waals surface area contributed by atoms with E-state index in [2.05, 4.69) is 234 Å². The molecule has 0 atom stereocenters. The predicted molar refractivity (Wildman–Crippen MR) is 315 cm³/mol. The summed E-state index contributed by atoms with van der Waals surface area (Å²) in [7, 11) is 0. The molecule has 0 N–H and O–H groups in total. The largest absolute Gasteiger partial charge is 0.255 e. The fourth-order valence-corrected chi connectivity index (χ4v) is 10.3. The molecule has 7 heteroatoms. The van der Waals surface area contributed by atoms with Gasteiger partial charge in [0.05, 0.1) is 52.7 Å². The first-order valence-electron chi connectivity index (χ1n) is 26.4. The highest BCUT2D eigenvalue weighted by Crippen LogP contribution is 2.46. The number of hydrogen-bond acceptors (Lipinski definition) is 6. The van der Waals surface area contributed by atoms with Gasteiger partial charge in [0.1, 0.15) is 0 Å². The zero-order chi connectivity index (χ0) is 52.6. The smallest absolute Gasteiger partial charge is 0.0813 e. The van der Waals surface area contributed by atoms with Crippen molar-refractivity contribution in [3.8, 4) is 33.8 Å². The van der Waals surface area contributed by atoms with Gasteiger partial charge in [-0.3, -0.25) is 29.9 Å². The molecule has 1 fully saturated rings. The Labute approximate surface area is 442 Å². The summed E-state index contributed by atoms with van der Waals surface area (Å²) >= 11 is 0. The predicted octanol–water partition coefficient (Wildman–Crippen LogP) is 18.2. The number of rotatable bonds is 9. The van der Waals surface area contributed by atoms with Gasteiger partial charge >= 0.3 is 0 Å². The average molecular weight is 972 g/mol. The second-order valence-corrected chi connectivity index (χ2v) is 26.7. The molecular weight excluding hydrogens is 888 g/mol. The Hall–Kier alpha value is -5.82. The Morgan fingerprint density at radius 2 is 0.548 bits per heavy atom. The molecule has 0 aliphatic heterocycles. The molecule has 3 heterocycles. The summed E-state index contributed by atoms with van der Waals surface area (Å²) in [5, 5.41) is 0. The molecule has 0 amide bonds.